The fourth-order valence-electron chi connectivity index (χ4n) is 2.86. The van der Waals surface area contributed by atoms with Gasteiger partial charge in [0.1, 0.15) is 5.69 Å². The van der Waals surface area contributed by atoms with Gasteiger partial charge in [-0.2, -0.15) is 0 Å². The van der Waals surface area contributed by atoms with Crippen LogP contribution in [-0.2, 0) is 6.54 Å². The van der Waals surface area contributed by atoms with Crippen molar-refractivity contribution in [1.82, 2.24) is 20.1 Å². The minimum Gasteiger partial charge on any atom is -0.335 e. The van der Waals surface area contributed by atoms with Crippen LogP contribution in [0.3, 0.4) is 0 Å². The second-order valence-corrected chi connectivity index (χ2v) is 5.99. The van der Waals surface area contributed by atoms with Crippen LogP contribution >= 0.6 is 0 Å². The summed E-state index contributed by atoms with van der Waals surface area (Å²) in [4.78, 5) is 32.5. The zero-order valence-corrected chi connectivity index (χ0v) is 14.1. The van der Waals surface area contributed by atoms with Gasteiger partial charge in [0.15, 0.2) is 0 Å². The number of pyridine rings is 1. The molecule has 1 aromatic carbocycles. The summed E-state index contributed by atoms with van der Waals surface area (Å²) in [5, 5.41) is 2.94. The van der Waals surface area contributed by atoms with Gasteiger partial charge in [0.2, 0.25) is 0 Å². The number of carbonyl (C=O) groups excluding carboxylic acids is 2. The third-order valence-corrected chi connectivity index (χ3v) is 4.24. The molecule has 6 heteroatoms. The van der Waals surface area contributed by atoms with Crippen LogP contribution in [0.1, 0.15) is 22.5 Å². The molecule has 25 heavy (non-hydrogen) atoms. The van der Waals surface area contributed by atoms with E-state index in [-0.39, 0.29) is 11.9 Å². The minimum atomic E-state index is -0.0870. The molecule has 0 saturated carbocycles. The lowest BCUT2D eigenvalue weighted by Gasteiger charge is -2.22. The SMILES string of the molecule is O=C(NCc1ccccc1)N1CCCN(C(=O)c2ccccn2)CC1. The van der Waals surface area contributed by atoms with Gasteiger partial charge in [0, 0.05) is 38.9 Å². The fraction of sp³-hybridized carbons (Fsp3) is 0.316. The molecule has 0 spiro atoms. The molecular weight excluding hydrogens is 316 g/mol. The van der Waals surface area contributed by atoms with Gasteiger partial charge in [-0.15, -0.1) is 0 Å². The Labute approximate surface area is 147 Å². The van der Waals surface area contributed by atoms with E-state index in [0.717, 1.165) is 12.0 Å². The Bertz CT molecular complexity index is 706. The summed E-state index contributed by atoms with van der Waals surface area (Å²) in [6, 6.07) is 15.1. The van der Waals surface area contributed by atoms with E-state index in [1.54, 1.807) is 34.2 Å². The predicted molar refractivity (Wildman–Crippen MR) is 95.0 cm³/mol. The second-order valence-electron chi connectivity index (χ2n) is 5.99. The molecule has 1 aliphatic heterocycles. The van der Waals surface area contributed by atoms with E-state index in [0.29, 0.717) is 38.4 Å². The molecule has 0 atom stereocenters. The van der Waals surface area contributed by atoms with E-state index < -0.39 is 0 Å². The molecular formula is C19H22N4O2. The number of benzene rings is 1. The van der Waals surface area contributed by atoms with E-state index in [1.807, 2.05) is 30.3 Å². The molecule has 130 valence electrons. The van der Waals surface area contributed by atoms with Gasteiger partial charge in [0.05, 0.1) is 0 Å². The number of hydrogen-bond donors (Lipinski definition) is 1. The maximum absolute atomic E-state index is 12.5. The van der Waals surface area contributed by atoms with Crippen molar-refractivity contribution in [2.75, 3.05) is 26.2 Å². The first-order chi connectivity index (χ1) is 12.2. The third kappa shape index (κ3) is 4.56. The summed E-state index contributed by atoms with van der Waals surface area (Å²) >= 11 is 0. The van der Waals surface area contributed by atoms with Crippen LogP contribution < -0.4 is 5.32 Å². The Balaban J connectivity index is 1.52. The Morgan fingerprint density at radius 1 is 0.920 bits per heavy atom. The highest BCUT2D eigenvalue weighted by atomic mass is 16.2. The smallest absolute Gasteiger partial charge is 0.317 e. The summed E-state index contributed by atoms with van der Waals surface area (Å²) in [6.07, 6.45) is 2.38. The van der Waals surface area contributed by atoms with Gasteiger partial charge >= 0.3 is 6.03 Å². The number of aromatic nitrogens is 1. The number of hydrogen-bond acceptors (Lipinski definition) is 3. The first kappa shape index (κ1) is 17.0. The zero-order chi connectivity index (χ0) is 17.5. The lowest BCUT2D eigenvalue weighted by molar-refractivity contribution is 0.0756. The van der Waals surface area contributed by atoms with Crippen LogP contribution in [0.25, 0.3) is 0 Å². The van der Waals surface area contributed by atoms with Crippen molar-refractivity contribution in [3.63, 3.8) is 0 Å². The van der Waals surface area contributed by atoms with Crippen molar-refractivity contribution >= 4 is 11.9 Å². The van der Waals surface area contributed by atoms with E-state index in [1.165, 1.54) is 0 Å². The second kappa shape index (κ2) is 8.28. The van der Waals surface area contributed by atoms with Crippen molar-refractivity contribution < 1.29 is 9.59 Å². The summed E-state index contributed by atoms with van der Waals surface area (Å²) in [7, 11) is 0. The van der Waals surface area contributed by atoms with Gasteiger partial charge in [-0.05, 0) is 24.1 Å². The van der Waals surface area contributed by atoms with Crippen LogP contribution in [-0.4, -0.2) is 52.9 Å². The van der Waals surface area contributed by atoms with Gasteiger partial charge in [-0.1, -0.05) is 36.4 Å². The lowest BCUT2D eigenvalue weighted by atomic mass is 10.2. The van der Waals surface area contributed by atoms with E-state index in [9.17, 15) is 9.59 Å². The molecule has 6 nitrogen and oxygen atoms in total. The Kier molecular flexibility index (Phi) is 5.61. The molecule has 3 amide bonds. The predicted octanol–water partition coefficient (Wildman–Crippen LogP) is 2.14. The van der Waals surface area contributed by atoms with Crippen molar-refractivity contribution in [2.24, 2.45) is 0 Å². The topological polar surface area (TPSA) is 65.5 Å². The van der Waals surface area contributed by atoms with Crippen LogP contribution in [0.15, 0.2) is 54.7 Å². The van der Waals surface area contributed by atoms with E-state index in [4.69, 9.17) is 0 Å². The highest BCUT2D eigenvalue weighted by Gasteiger charge is 2.23. The van der Waals surface area contributed by atoms with Gasteiger partial charge < -0.3 is 15.1 Å². The Morgan fingerprint density at radius 2 is 1.64 bits per heavy atom. The molecule has 0 radical (unpaired) electrons. The quantitative estimate of drug-likeness (QED) is 0.932. The molecule has 2 aromatic rings. The maximum Gasteiger partial charge on any atom is 0.317 e. The maximum atomic E-state index is 12.5. The number of nitrogens with zero attached hydrogens (tertiary/aromatic N) is 3. The molecule has 0 bridgehead atoms. The van der Waals surface area contributed by atoms with E-state index >= 15 is 0 Å². The van der Waals surface area contributed by atoms with Crippen LogP contribution in [0.2, 0.25) is 0 Å². The average molecular weight is 338 g/mol. The molecule has 1 N–H and O–H groups in total. The molecule has 0 aliphatic carbocycles. The van der Waals surface area contributed by atoms with Gasteiger partial charge in [-0.3, -0.25) is 9.78 Å². The number of rotatable bonds is 3. The molecule has 1 fully saturated rings. The van der Waals surface area contributed by atoms with Crippen molar-refractivity contribution in [3.05, 3.63) is 66.0 Å². The van der Waals surface area contributed by atoms with Crippen molar-refractivity contribution in [2.45, 2.75) is 13.0 Å². The van der Waals surface area contributed by atoms with Crippen LogP contribution in [0.4, 0.5) is 4.79 Å². The Hall–Kier alpha value is -2.89. The number of nitrogens with one attached hydrogen (secondary N) is 1. The largest absolute Gasteiger partial charge is 0.335 e. The molecule has 1 aromatic heterocycles. The zero-order valence-electron chi connectivity index (χ0n) is 14.1. The highest BCUT2D eigenvalue weighted by Crippen LogP contribution is 2.08. The normalized spacial score (nSPS) is 14.7. The van der Waals surface area contributed by atoms with E-state index in [2.05, 4.69) is 10.3 Å². The third-order valence-electron chi connectivity index (χ3n) is 4.24. The molecule has 2 heterocycles. The van der Waals surface area contributed by atoms with Crippen molar-refractivity contribution in [1.29, 1.82) is 0 Å². The summed E-state index contributed by atoms with van der Waals surface area (Å²) in [5.74, 6) is -0.0767. The first-order valence-electron chi connectivity index (χ1n) is 8.51. The van der Waals surface area contributed by atoms with Crippen molar-refractivity contribution in [3.8, 4) is 0 Å². The summed E-state index contributed by atoms with van der Waals surface area (Å²) < 4.78 is 0. The molecule has 3 rings (SSSR count). The Morgan fingerprint density at radius 3 is 2.40 bits per heavy atom. The molecule has 0 unspecified atom stereocenters. The number of amides is 3. The lowest BCUT2D eigenvalue weighted by Crippen LogP contribution is -2.42. The minimum absolute atomic E-state index is 0.0767. The molecule has 1 aliphatic rings. The molecule has 1 saturated heterocycles. The average Bonchev–Trinajstić information content (AvgIpc) is 2.93. The van der Waals surface area contributed by atoms with Crippen LogP contribution in [0, 0.1) is 0 Å². The number of urea groups is 1. The monoisotopic (exact) mass is 338 g/mol. The van der Waals surface area contributed by atoms with Gasteiger partial charge in [-0.25, -0.2) is 4.79 Å². The van der Waals surface area contributed by atoms with Crippen LogP contribution in [0.5, 0.6) is 0 Å². The number of carbonyl (C=O) groups is 2. The highest BCUT2D eigenvalue weighted by molar-refractivity contribution is 5.92. The van der Waals surface area contributed by atoms with Gasteiger partial charge in [0.25, 0.3) is 5.91 Å². The standard InChI is InChI=1S/C19H22N4O2/c24-18(17-9-4-5-10-20-17)22-11-6-12-23(14-13-22)19(25)21-15-16-7-2-1-3-8-16/h1-5,7-10H,6,11-15H2,(H,21,25). The summed E-state index contributed by atoms with van der Waals surface area (Å²) in [5.41, 5.74) is 1.52. The summed E-state index contributed by atoms with van der Waals surface area (Å²) in [6.45, 7) is 2.84. The first-order valence-corrected chi connectivity index (χ1v) is 8.51. The fourth-order valence-corrected chi connectivity index (χ4v) is 2.86.